The molecule has 160 valence electrons. The molecule has 1 unspecified atom stereocenters. The molecular weight excluding hydrogens is 354 g/mol. The Kier molecular flexibility index (Phi) is 10.6. The predicted molar refractivity (Wildman–Crippen MR) is 106 cm³/mol. The molecule has 0 aromatic heterocycles. The fourth-order valence-electron chi connectivity index (χ4n) is 5.48. The maximum atomic E-state index is 9.41. The summed E-state index contributed by atoms with van der Waals surface area (Å²) in [4.78, 5) is 18.8. The van der Waals surface area contributed by atoms with Gasteiger partial charge in [0, 0.05) is 6.04 Å². The first-order valence-corrected chi connectivity index (χ1v) is 11.4. The van der Waals surface area contributed by atoms with Gasteiger partial charge in [-0.2, -0.15) is 0 Å². The summed E-state index contributed by atoms with van der Waals surface area (Å²) in [6, 6.07) is 0.859. The maximum Gasteiger partial charge on any atom is 0.0643 e. The summed E-state index contributed by atoms with van der Waals surface area (Å²) in [6.07, 6.45) is 21.9. The number of hydrogen-bond acceptors (Lipinski definition) is 5. The summed E-state index contributed by atoms with van der Waals surface area (Å²) < 4.78 is 0. The second-order valence-corrected chi connectivity index (χ2v) is 8.81. The molecular formula is C23H37NO4-2. The van der Waals surface area contributed by atoms with E-state index in [2.05, 4.69) is 5.32 Å². The Balaban J connectivity index is 0.000000300. The van der Waals surface area contributed by atoms with E-state index in [9.17, 15) is 19.8 Å². The minimum atomic E-state index is -1.55. The number of piperidine rings is 1. The SMILES string of the molecule is C1CCC(C(CC2CCCCN2)C2CCCCC2)CC1.O=C([O-])/C=C\C(=O)[O-]. The standard InChI is InChI=1S/C19H35N.C4H4O4/c1-3-9-16(10-4-1)19(17-11-5-2-6-12-17)15-18-13-7-8-14-20-18;5-3(6)1-2-4(7)8/h16-20H,1-15H2;1-2H,(H,5,6)(H,7,8)/p-2/b;2-1-. The average molecular weight is 392 g/mol. The highest BCUT2D eigenvalue weighted by Gasteiger charge is 2.33. The van der Waals surface area contributed by atoms with Crippen molar-refractivity contribution in [1.82, 2.24) is 5.32 Å². The Morgan fingerprint density at radius 3 is 1.61 bits per heavy atom. The molecule has 3 aliphatic rings. The van der Waals surface area contributed by atoms with Crippen molar-refractivity contribution in [1.29, 1.82) is 0 Å². The number of carbonyl (C=O) groups is 2. The van der Waals surface area contributed by atoms with Crippen LogP contribution in [0.3, 0.4) is 0 Å². The van der Waals surface area contributed by atoms with Gasteiger partial charge in [0.05, 0.1) is 11.9 Å². The third-order valence-electron chi connectivity index (χ3n) is 6.84. The van der Waals surface area contributed by atoms with Crippen LogP contribution >= 0.6 is 0 Å². The number of carboxylic acids is 2. The molecule has 1 heterocycles. The number of rotatable bonds is 6. The molecule has 2 aliphatic carbocycles. The van der Waals surface area contributed by atoms with Crippen molar-refractivity contribution >= 4 is 11.9 Å². The lowest BCUT2D eigenvalue weighted by Crippen LogP contribution is -2.39. The third kappa shape index (κ3) is 8.76. The van der Waals surface area contributed by atoms with Gasteiger partial charge in [0.15, 0.2) is 0 Å². The largest absolute Gasteiger partial charge is 0.545 e. The van der Waals surface area contributed by atoms with Gasteiger partial charge in [-0.25, -0.2) is 0 Å². The number of hydrogen-bond donors (Lipinski definition) is 1. The van der Waals surface area contributed by atoms with E-state index in [1.54, 1.807) is 25.7 Å². The van der Waals surface area contributed by atoms with Crippen LogP contribution in [-0.2, 0) is 9.59 Å². The van der Waals surface area contributed by atoms with Crippen molar-refractivity contribution in [2.75, 3.05) is 6.54 Å². The first-order valence-electron chi connectivity index (χ1n) is 11.4. The van der Waals surface area contributed by atoms with Gasteiger partial charge in [-0.15, -0.1) is 0 Å². The highest BCUT2D eigenvalue weighted by atomic mass is 16.4. The number of carbonyl (C=O) groups excluding carboxylic acids is 2. The van der Waals surface area contributed by atoms with Gasteiger partial charge >= 0.3 is 0 Å². The van der Waals surface area contributed by atoms with Crippen molar-refractivity contribution in [3.8, 4) is 0 Å². The van der Waals surface area contributed by atoms with E-state index in [0.29, 0.717) is 12.2 Å². The molecule has 5 nitrogen and oxygen atoms in total. The molecule has 0 bridgehead atoms. The van der Waals surface area contributed by atoms with E-state index in [4.69, 9.17) is 0 Å². The van der Waals surface area contributed by atoms with Crippen LogP contribution in [0.1, 0.15) is 89.9 Å². The summed E-state index contributed by atoms with van der Waals surface area (Å²) in [5.41, 5.74) is 0. The van der Waals surface area contributed by atoms with Crippen LogP contribution in [0.2, 0.25) is 0 Å². The zero-order valence-corrected chi connectivity index (χ0v) is 17.2. The molecule has 0 amide bonds. The fraction of sp³-hybridized carbons (Fsp3) is 0.826. The third-order valence-corrected chi connectivity index (χ3v) is 6.84. The highest BCUT2D eigenvalue weighted by molar-refractivity contribution is 5.87. The van der Waals surface area contributed by atoms with Crippen LogP contribution in [-0.4, -0.2) is 24.5 Å². The molecule has 0 aromatic rings. The molecule has 0 radical (unpaired) electrons. The van der Waals surface area contributed by atoms with Gasteiger partial charge in [-0.1, -0.05) is 70.6 Å². The second-order valence-electron chi connectivity index (χ2n) is 8.81. The van der Waals surface area contributed by atoms with E-state index in [-0.39, 0.29) is 0 Å². The predicted octanol–water partition coefficient (Wildman–Crippen LogP) is 2.34. The zero-order valence-electron chi connectivity index (χ0n) is 17.2. The van der Waals surface area contributed by atoms with E-state index >= 15 is 0 Å². The topological polar surface area (TPSA) is 92.3 Å². The monoisotopic (exact) mass is 391 g/mol. The molecule has 1 aliphatic heterocycles. The van der Waals surface area contributed by atoms with Gasteiger partial charge in [0.25, 0.3) is 0 Å². The Bertz CT molecular complexity index is 453. The summed E-state index contributed by atoms with van der Waals surface area (Å²) in [5, 5.41) is 22.7. The van der Waals surface area contributed by atoms with E-state index in [0.717, 1.165) is 23.8 Å². The molecule has 28 heavy (non-hydrogen) atoms. The summed E-state index contributed by atoms with van der Waals surface area (Å²) in [7, 11) is 0. The molecule has 0 spiro atoms. The maximum absolute atomic E-state index is 9.41. The van der Waals surface area contributed by atoms with E-state index in [1.807, 2.05) is 0 Å². The minimum Gasteiger partial charge on any atom is -0.545 e. The van der Waals surface area contributed by atoms with E-state index < -0.39 is 11.9 Å². The number of nitrogens with one attached hydrogen (secondary N) is 1. The molecule has 3 fully saturated rings. The minimum absolute atomic E-state index is 0.384. The Morgan fingerprint density at radius 1 is 0.750 bits per heavy atom. The molecule has 1 N–H and O–H groups in total. The summed E-state index contributed by atoms with van der Waals surface area (Å²) >= 11 is 0. The Morgan fingerprint density at radius 2 is 1.21 bits per heavy atom. The van der Waals surface area contributed by atoms with Crippen molar-refractivity contribution in [3.63, 3.8) is 0 Å². The lowest BCUT2D eigenvalue weighted by molar-refractivity contribution is -0.301. The molecule has 0 aromatic carbocycles. The summed E-state index contributed by atoms with van der Waals surface area (Å²) in [6.45, 7) is 1.28. The van der Waals surface area contributed by atoms with Gasteiger partial charge < -0.3 is 25.1 Å². The molecule has 5 heteroatoms. The van der Waals surface area contributed by atoms with Crippen molar-refractivity contribution in [2.24, 2.45) is 17.8 Å². The lowest BCUT2D eigenvalue weighted by Gasteiger charge is -2.40. The lowest BCUT2D eigenvalue weighted by atomic mass is 9.67. The van der Waals surface area contributed by atoms with Gasteiger partial charge in [-0.05, 0) is 55.7 Å². The molecule has 3 rings (SSSR count). The Hall–Kier alpha value is -1.36. The smallest absolute Gasteiger partial charge is 0.0643 e. The van der Waals surface area contributed by atoms with Crippen LogP contribution in [0.15, 0.2) is 12.2 Å². The van der Waals surface area contributed by atoms with Crippen LogP contribution in [0, 0.1) is 17.8 Å². The van der Waals surface area contributed by atoms with Crippen LogP contribution in [0.5, 0.6) is 0 Å². The van der Waals surface area contributed by atoms with Crippen molar-refractivity contribution in [2.45, 2.75) is 95.9 Å². The Labute approximate surface area is 170 Å². The van der Waals surface area contributed by atoms with Gasteiger partial charge in [-0.3, -0.25) is 0 Å². The first-order chi connectivity index (χ1) is 13.6. The number of carboxylic acid groups (broad SMARTS) is 2. The molecule has 1 saturated heterocycles. The van der Waals surface area contributed by atoms with Crippen molar-refractivity contribution in [3.05, 3.63) is 12.2 Å². The quantitative estimate of drug-likeness (QED) is 0.702. The van der Waals surface area contributed by atoms with E-state index in [1.165, 1.54) is 70.8 Å². The molecule has 2 saturated carbocycles. The second kappa shape index (κ2) is 13.0. The average Bonchev–Trinajstić information content (AvgIpc) is 2.73. The van der Waals surface area contributed by atoms with Crippen LogP contribution < -0.4 is 15.5 Å². The first kappa shape index (κ1) is 22.9. The molecule has 1 atom stereocenters. The van der Waals surface area contributed by atoms with Crippen LogP contribution in [0.25, 0.3) is 0 Å². The fourth-order valence-corrected chi connectivity index (χ4v) is 5.48. The summed E-state index contributed by atoms with van der Waals surface area (Å²) in [5.74, 6) is 0.126. The normalized spacial score (nSPS) is 24.7. The highest BCUT2D eigenvalue weighted by Crippen LogP contribution is 2.42. The van der Waals surface area contributed by atoms with Gasteiger partial charge in [0.1, 0.15) is 0 Å². The zero-order chi connectivity index (χ0) is 20.2. The van der Waals surface area contributed by atoms with Crippen LogP contribution in [0.4, 0.5) is 0 Å². The van der Waals surface area contributed by atoms with Gasteiger partial charge in [0.2, 0.25) is 0 Å². The number of aliphatic carboxylic acids is 2. The van der Waals surface area contributed by atoms with Crippen molar-refractivity contribution < 1.29 is 19.8 Å².